The minimum absolute atomic E-state index is 0.0719. The van der Waals surface area contributed by atoms with Crippen molar-refractivity contribution < 1.29 is 22.7 Å². The SMILES string of the molecule is COc1ccc(C(=O)Nc2ccc3c(c2C)CN(C)CC3)cc1C(F)(F)F. The number of fused-ring (bicyclic) bond motifs is 1. The average Bonchev–Trinajstić information content (AvgIpc) is 2.63. The van der Waals surface area contributed by atoms with Crippen LogP contribution in [0.15, 0.2) is 30.3 Å². The molecular weight excluding hydrogens is 357 g/mol. The van der Waals surface area contributed by atoms with E-state index in [2.05, 4.69) is 10.2 Å². The van der Waals surface area contributed by atoms with Crippen molar-refractivity contribution in [3.8, 4) is 5.75 Å². The highest BCUT2D eigenvalue weighted by Gasteiger charge is 2.35. The van der Waals surface area contributed by atoms with E-state index in [1.165, 1.54) is 11.6 Å². The van der Waals surface area contributed by atoms with Crippen LogP contribution in [-0.4, -0.2) is 31.5 Å². The molecule has 3 rings (SSSR count). The molecule has 2 aromatic carbocycles. The summed E-state index contributed by atoms with van der Waals surface area (Å²) < 4.78 is 44.3. The molecule has 0 saturated heterocycles. The van der Waals surface area contributed by atoms with Crippen LogP contribution in [0.2, 0.25) is 0 Å². The van der Waals surface area contributed by atoms with E-state index in [0.29, 0.717) is 5.69 Å². The third-order valence-electron chi connectivity index (χ3n) is 4.90. The Morgan fingerprint density at radius 2 is 1.96 bits per heavy atom. The Balaban J connectivity index is 1.89. The highest BCUT2D eigenvalue weighted by molar-refractivity contribution is 6.05. The van der Waals surface area contributed by atoms with Gasteiger partial charge in [-0.3, -0.25) is 4.79 Å². The van der Waals surface area contributed by atoms with Gasteiger partial charge in [-0.15, -0.1) is 0 Å². The maximum Gasteiger partial charge on any atom is 0.419 e. The number of alkyl halides is 3. The number of carbonyl (C=O) groups is 1. The summed E-state index contributed by atoms with van der Waals surface area (Å²) in [5.41, 5.74) is 2.91. The largest absolute Gasteiger partial charge is 0.496 e. The van der Waals surface area contributed by atoms with Gasteiger partial charge in [0.1, 0.15) is 5.75 Å². The van der Waals surface area contributed by atoms with Gasteiger partial charge in [0.15, 0.2) is 0 Å². The standard InChI is InChI=1S/C20H21F3N2O2/c1-12-15-11-25(2)9-8-13(15)4-6-17(12)24-19(26)14-5-7-18(27-3)16(10-14)20(21,22)23/h4-7,10H,8-9,11H2,1-3H3,(H,24,26). The molecule has 0 fully saturated rings. The third kappa shape index (κ3) is 3.93. The van der Waals surface area contributed by atoms with Crippen molar-refractivity contribution in [2.75, 3.05) is 26.0 Å². The summed E-state index contributed by atoms with van der Waals surface area (Å²) in [6.45, 7) is 3.68. The Kier molecular flexibility index (Phi) is 5.15. The Morgan fingerprint density at radius 1 is 1.22 bits per heavy atom. The molecule has 2 aromatic rings. The summed E-state index contributed by atoms with van der Waals surface area (Å²) in [4.78, 5) is 14.7. The molecule has 0 aliphatic carbocycles. The molecular formula is C20H21F3N2O2. The number of hydrogen-bond donors (Lipinski definition) is 1. The Morgan fingerprint density at radius 3 is 2.63 bits per heavy atom. The molecule has 7 heteroatoms. The number of halogens is 3. The molecule has 0 aromatic heterocycles. The molecule has 0 atom stereocenters. The predicted octanol–water partition coefficient (Wildman–Crippen LogP) is 4.26. The monoisotopic (exact) mass is 378 g/mol. The van der Waals surface area contributed by atoms with Crippen LogP contribution in [0, 0.1) is 6.92 Å². The van der Waals surface area contributed by atoms with E-state index >= 15 is 0 Å². The molecule has 1 amide bonds. The summed E-state index contributed by atoms with van der Waals surface area (Å²) in [6.07, 6.45) is -3.66. The number of methoxy groups -OCH3 is 1. The summed E-state index contributed by atoms with van der Waals surface area (Å²) >= 11 is 0. The van der Waals surface area contributed by atoms with Gasteiger partial charge in [0.2, 0.25) is 0 Å². The van der Waals surface area contributed by atoms with Gasteiger partial charge in [0.25, 0.3) is 5.91 Å². The van der Waals surface area contributed by atoms with Crippen LogP contribution in [0.1, 0.15) is 32.6 Å². The number of carbonyl (C=O) groups excluding carboxylic acids is 1. The van der Waals surface area contributed by atoms with E-state index in [4.69, 9.17) is 4.74 Å². The van der Waals surface area contributed by atoms with Gasteiger partial charge in [0.05, 0.1) is 12.7 Å². The van der Waals surface area contributed by atoms with Gasteiger partial charge in [-0.2, -0.15) is 13.2 Å². The van der Waals surface area contributed by atoms with Gasteiger partial charge >= 0.3 is 6.18 Å². The third-order valence-corrected chi connectivity index (χ3v) is 4.90. The van der Waals surface area contributed by atoms with Gasteiger partial charge < -0.3 is 15.0 Å². The summed E-state index contributed by atoms with van der Waals surface area (Å²) in [6, 6.07) is 7.08. The van der Waals surface area contributed by atoms with E-state index in [9.17, 15) is 18.0 Å². The molecule has 1 N–H and O–H groups in total. The van der Waals surface area contributed by atoms with Gasteiger partial charge in [-0.25, -0.2) is 0 Å². The number of benzene rings is 2. The van der Waals surface area contributed by atoms with Crippen molar-refractivity contribution in [2.24, 2.45) is 0 Å². The quantitative estimate of drug-likeness (QED) is 0.868. The molecule has 27 heavy (non-hydrogen) atoms. The molecule has 0 bridgehead atoms. The van der Waals surface area contributed by atoms with E-state index in [0.717, 1.165) is 49.9 Å². The first-order chi connectivity index (χ1) is 12.7. The predicted molar refractivity (Wildman–Crippen MR) is 97.2 cm³/mol. The van der Waals surface area contributed by atoms with Crippen molar-refractivity contribution in [2.45, 2.75) is 26.1 Å². The smallest absolute Gasteiger partial charge is 0.419 e. The zero-order valence-electron chi connectivity index (χ0n) is 15.4. The van der Waals surface area contributed by atoms with Crippen LogP contribution in [0.5, 0.6) is 5.75 Å². The van der Waals surface area contributed by atoms with Crippen LogP contribution in [0.4, 0.5) is 18.9 Å². The minimum atomic E-state index is -4.60. The lowest BCUT2D eigenvalue weighted by Gasteiger charge is -2.27. The Labute approximate surface area is 155 Å². The minimum Gasteiger partial charge on any atom is -0.496 e. The number of rotatable bonds is 3. The first-order valence-corrected chi connectivity index (χ1v) is 8.57. The number of hydrogen-bond acceptors (Lipinski definition) is 3. The number of nitrogens with zero attached hydrogens (tertiary/aromatic N) is 1. The fraction of sp³-hybridized carbons (Fsp3) is 0.350. The average molecular weight is 378 g/mol. The second-order valence-corrected chi connectivity index (χ2v) is 6.73. The van der Waals surface area contributed by atoms with E-state index in [1.807, 2.05) is 26.1 Å². The topological polar surface area (TPSA) is 41.6 Å². The Hall–Kier alpha value is -2.54. The van der Waals surface area contributed by atoms with Crippen LogP contribution in [0.3, 0.4) is 0 Å². The van der Waals surface area contributed by atoms with E-state index < -0.39 is 17.6 Å². The number of anilines is 1. The highest BCUT2D eigenvalue weighted by atomic mass is 19.4. The van der Waals surface area contributed by atoms with Crippen LogP contribution < -0.4 is 10.1 Å². The maximum absolute atomic E-state index is 13.2. The highest BCUT2D eigenvalue weighted by Crippen LogP contribution is 2.37. The lowest BCUT2D eigenvalue weighted by atomic mass is 9.94. The van der Waals surface area contributed by atoms with Gasteiger partial charge in [-0.05, 0) is 61.3 Å². The van der Waals surface area contributed by atoms with Crippen molar-refractivity contribution in [3.63, 3.8) is 0 Å². The second kappa shape index (κ2) is 7.23. The molecule has 0 unspecified atom stereocenters. The van der Waals surface area contributed by atoms with Gasteiger partial charge in [0, 0.05) is 24.3 Å². The summed E-state index contributed by atoms with van der Waals surface area (Å²) in [5.74, 6) is -0.901. The van der Waals surface area contributed by atoms with E-state index in [-0.39, 0.29) is 11.3 Å². The molecule has 1 aliphatic heterocycles. The van der Waals surface area contributed by atoms with Crippen molar-refractivity contribution in [1.82, 2.24) is 4.90 Å². The molecule has 0 saturated carbocycles. The van der Waals surface area contributed by atoms with Crippen LogP contribution >= 0.6 is 0 Å². The number of likely N-dealkylation sites (N-methyl/N-ethyl adjacent to an activating group) is 1. The summed E-state index contributed by atoms with van der Waals surface area (Å²) in [7, 11) is 3.20. The zero-order chi connectivity index (χ0) is 19.8. The normalized spacial score (nSPS) is 14.6. The Bertz CT molecular complexity index is 878. The van der Waals surface area contributed by atoms with Crippen LogP contribution in [0.25, 0.3) is 0 Å². The molecule has 1 aliphatic rings. The summed E-state index contributed by atoms with van der Waals surface area (Å²) in [5, 5.41) is 2.74. The van der Waals surface area contributed by atoms with Crippen molar-refractivity contribution in [3.05, 3.63) is 58.1 Å². The first kappa shape index (κ1) is 19.2. The fourth-order valence-electron chi connectivity index (χ4n) is 3.33. The molecule has 0 spiro atoms. The number of ether oxygens (including phenoxy) is 1. The molecule has 144 valence electrons. The maximum atomic E-state index is 13.2. The molecule has 4 nitrogen and oxygen atoms in total. The van der Waals surface area contributed by atoms with Crippen molar-refractivity contribution >= 4 is 11.6 Å². The molecule has 0 radical (unpaired) electrons. The fourth-order valence-corrected chi connectivity index (χ4v) is 3.33. The second-order valence-electron chi connectivity index (χ2n) is 6.73. The van der Waals surface area contributed by atoms with Gasteiger partial charge in [-0.1, -0.05) is 6.07 Å². The number of nitrogens with one attached hydrogen (secondary N) is 1. The van der Waals surface area contributed by atoms with Crippen molar-refractivity contribution in [1.29, 1.82) is 0 Å². The first-order valence-electron chi connectivity index (χ1n) is 8.57. The zero-order valence-corrected chi connectivity index (χ0v) is 15.4. The number of amides is 1. The van der Waals surface area contributed by atoms with Crippen LogP contribution in [-0.2, 0) is 19.1 Å². The lowest BCUT2D eigenvalue weighted by molar-refractivity contribution is -0.138. The van der Waals surface area contributed by atoms with E-state index in [1.54, 1.807) is 0 Å². The molecule has 1 heterocycles. The lowest BCUT2D eigenvalue weighted by Crippen LogP contribution is -2.27.